The van der Waals surface area contributed by atoms with Crippen molar-refractivity contribution in [3.8, 4) is 5.97 Å². The Labute approximate surface area is 26.5 Å². The highest BCUT2D eigenvalue weighted by molar-refractivity contribution is 6.43. The highest BCUT2D eigenvalue weighted by Crippen LogP contribution is 1.37. The van der Waals surface area contributed by atoms with Gasteiger partial charge in [0.05, 0.1) is 0 Å². The van der Waals surface area contributed by atoms with E-state index >= 15 is 0 Å². The van der Waals surface area contributed by atoms with Crippen molar-refractivity contribution in [3.05, 3.63) is 0 Å². The third-order valence-corrected chi connectivity index (χ3v) is 0.158. The van der Waals surface area contributed by atoms with E-state index in [1.807, 2.05) is 12.8 Å². The maximum atomic E-state index is 7.62. The van der Waals surface area contributed by atoms with E-state index in [2.05, 4.69) is 0 Å². The SMILES string of the molecule is CBC#N. The smallest absolute Gasteiger partial charge is 0.213 e. The Morgan fingerprint density at radius 1 is 2.00 bits per heavy atom. The Bertz CT molecular complexity index is 35.8. The Kier molecular flexibility index (Phi) is 2.27. The van der Waals surface area contributed by atoms with E-state index in [0.717, 1.165) is 0 Å². The monoisotopic (exact) mass is 53.0 g/mol. The Morgan fingerprint density at radius 2 is 2.25 bits per heavy atom. The molecule has 0 amide bonds. The van der Waals surface area contributed by atoms with Gasteiger partial charge < -0.3 is 0 Å². The minimum atomic E-state index is 0.625. The van der Waals surface area contributed by atoms with Crippen LogP contribution >= 0.6 is 0 Å². The summed E-state index contributed by atoms with van der Waals surface area (Å²) in [6.45, 7) is 1.82. The van der Waals surface area contributed by atoms with Gasteiger partial charge in [-0.25, -0.2) is 5.26 Å². The van der Waals surface area contributed by atoms with Gasteiger partial charge in [-0.2, -0.15) is 0 Å². The van der Waals surface area contributed by atoms with Crippen molar-refractivity contribution in [2.24, 2.45) is 0 Å². The van der Waals surface area contributed by atoms with Crippen LogP contribution in [0.1, 0.15) is 0 Å². The number of hydrogen-bond donors (Lipinski definition) is 0. The second-order valence-electron chi connectivity index (χ2n) is 0.512. The first-order valence-electron chi connectivity index (χ1n) is 1.28. The molecule has 0 radical (unpaired) electrons. The van der Waals surface area contributed by atoms with Crippen LogP contribution in [0.25, 0.3) is 0 Å². The topological polar surface area (TPSA) is 23.8 Å². The van der Waals surface area contributed by atoms with Gasteiger partial charge in [-0.15, -0.1) is 0 Å². The molecule has 1 nitrogen and oxygen atoms in total. The van der Waals surface area contributed by atoms with Gasteiger partial charge in [0.25, 0.3) is 0 Å². The standard InChI is InChI=1S/C2H4BN/c1-3-2-4/h3H,1H3. The second-order valence-corrected chi connectivity index (χ2v) is 0.512. The molecule has 0 unspecified atom stereocenters. The number of rotatable bonds is 0. The van der Waals surface area contributed by atoms with E-state index in [-0.39, 0.29) is 0 Å². The van der Waals surface area contributed by atoms with Gasteiger partial charge in [-0.05, 0) is 5.97 Å². The largest absolute Gasteiger partial charge is 0.247 e. The Morgan fingerprint density at radius 3 is 2.25 bits per heavy atom. The molecular formula is C2H4BN. The highest BCUT2D eigenvalue weighted by Gasteiger charge is 1.57. The van der Waals surface area contributed by atoms with Crippen LogP contribution < -0.4 is 0 Å². The summed E-state index contributed by atoms with van der Waals surface area (Å²) in [4.78, 5) is 0. The zero-order chi connectivity index (χ0) is 3.41. The summed E-state index contributed by atoms with van der Waals surface area (Å²) in [5.41, 5.74) is 0. The molecule has 0 rings (SSSR count). The Balaban J connectivity index is 2.43. The molecule has 0 N–H and O–H groups in total. The van der Waals surface area contributed by atoms with Gasteiger partial charge in [0, 0.05) is 0 Å². The summed E-state index contributed by atoms with van der Waals surface area (Å²) >= 11 is 0. The van der Waals surface area contributed by atoms with Crippen molar-refractivity contribution in [3.63, 3.8) is 0 Å². The van der Waals surface area contributed by atoms with Crippen molar-refractivity contribution < 1.29 is 0 Å². The average molecular weight is 52.9 g/mol. The summed E-state index contributed by atoms with van der Waals surface area (Å²) in [5.74, 6) is 1.93. The zero-order valence-electron chi connectivity index (χ0n) is 2.65. The van der Waals surface area contributed by atoms with Crippen LogP contribution in [-0.4, -0.2) is 7.28 Å². The molecule has 0 saturated carbocycles. The predicted molar refractivity (Wildman–Crippen MR) is 18.6 cm³/mol. The zero-order valence-corrected chi connectivity index (χ0v) is 2.65. The lowest BCUT2D eigenvalue weighted by molar-refractivity contribution is 1.56. The lowest BCUT2D eigenvalue weighted by Crippen LogP contribution is -1.63. The molecule has 4 heavy (non-hydrogen) atoms. The lowest BCUT2D eigenvalue weighted by atomic mass is 9.86. The average Bonchev–Trinajstić information content (AvgIpc) is 1.37. The summed E-state index contributed by atoms with van der Waals surface area (Å²) in [5, 5.41) is 7.62. The van der Waals surface area contributed by atoms with Crippen LogP contribution in [0.4, 0.5) is 0 Å². The van der Waals surface area contributed by atoms with E-state index in [1.54, 1.807) is 0 Å². The van der Waals surface area contributed by atoms with Gasteiger partial charge in [0.15, 0.2) is 0 Å². The van der Waals surface area contributed by atoms with E-state index < -0.39 is 0 Å². The molecule has 0 heterocycles. The fraction of sp³-hybridized carbons (Fsp3) is 0.500. The van der Waals surface area contributed by atoms with Crippen LogP contribution in [0.2, 0.25) is 6.82 Å². The molecule has 0 spiro atoms. The quantitative estimate of drug-likeness (QED) is 0.355. The van der Waals surface area contributed by atoms with Crippen molar-refractivity contribution in [2.75, 3.05) is 0 Å². The first-order chi connectivity index (χ1) is 1.91. The van der Waals surface area contributed by atoms with E-state index in [0.29, 0.717) is 7.28 Å². The van der Waals surface area contributed by atoms with Gasteiger partial charge in [-0.1, -0.05) is 6.82 Å². The van der Waals surface area contributed by atoms with Gasteiger partial charge >= 0.3 is 0 Å². The summed E-state index contributed by atoms with van der Waals surface area (Å²) < 4.78 is 0. The number of hydrogen-bond acceptors (Lipinski definition) is 1. The van der Waals surface area contributed by atoms with Crippen molar-refractivity contribution in [2.45, 2.75) is 6.82 Å². The minimum absolute atomic E-state index is 0.625. The molecule has 0 aromatic heterocycles. The molecule has 20 valence electrons. The molecule has 0 aromatic carbocycles. The van der Waals surface area contributed by atoms with Crippen LogP contribution in [0.15, 0.2) is 0 Å². The van der Waals surface area contributed by atoms with Crippen LogP contribution in [0, 0.1) is 11.2 Å². The van der Waals surface area contributed by atoms with Crippen LogP contribution in [0.3, 0.4) is 0 Å². The van der Waals surface area contributed by atoms with Crippen LogP contribution in [-0.2, 0) is 0 Å². The molecule has 0 aliphatic carbocycles. The van der Waals surface area contributed by atoms with E-state index in [4.69, 9.17) is 5.26 Å². The van der Waals surface area contributed by atoms with Gasteiger partial charge in [0.2, 0.25) is 7.28 Å². The third-order valence-electron chi connectivity index (χ3n) is 0.158. The molecule has 0 bridgehead atoms. The first-order valence-corrected chi connectivity index (χ1v) is 1.28. The maximum Gasteiger partial charge on any atom is 0.247 e. The molecule has 0 aliphatic rings. The van der Waals surface area contributed by atoms with E-state index in [9.17, 15) is 0 Å². The normalized spacial score (nSPS) is 4.00. The lowest BCUT2D eigenvalue weighted by Gasteiger charge is -1.40. The fourth-order valence-corrected chi connectivity index (χ4v) is 0. The number of nitriles is 1. The maximum absolute atomic E-state index is 7.62. The number of nitrogens with zero attached hydrogens (tertiary/aromatic N) is 1. The highest BCUT2D eigenvalue weighted by atomic mass is 14.2. The van der Waals surface area contributed by atoms with Gasteiger partial charge in [-0.3, -0.25) is 0 Å². The summed E-state index contributed by atoms with van der Waals surface area (Å²) in [6, 6.07) is 0. The third kappa shape index (κ3) is 1.55. The van der Waals surface area contributed by atoms with Gasteiger partial charge in [0.1, 0.15) is 0 Å². The molecule has 0 atom stereocenters. The molecule has 0 aliphatic heterocycles. The molecule has 0 saturated heterocycles. The first kappa shape index (κ1) is 3.55. The molecular weight excluding hydrogens is 48.8 g/mol. The molecule has 0 aromatic rings. The minimum Gasteiger partial charge on any atom is -0.213 e. The van der Waals surface area contributed by atoms with Crippen LogP contribution in [0.5, 0.6) is 0 Å². The van der Waals surface area contributed by atoms with Crippen molar-refractivity contribution in [1.29, 1.82) is 5.26 Å². The molecule has 2 heteroatoms. The summed E-state index contributed by atoms with van der Waals surface area (Å²) in [6.07, 6.45) is 0. The van der Waals surface area contributed by atoms with Crippen molar-refractivity contribution >= 4 is 7.28 Å². The fourth-order valence-electron chi connectivity index (χ4n) is 0. The van der Waals surface area contributed by atoms with Crippen molar-refractivity contribution in [1.82, 2.24) is 0 Å². The Hall–Kier alpha value is -0.445. The molecule has 0 fully saturated rings. The van der Waals surface area contributed by atoms with E-state index in [1.165, 1.54) is 0 Å². The summed E-state index contributed by atoms with van der Waals surface area (Å²) in [7, 11) is 0.625. The predicted octanol–water partition coefficient (Wildman–Crippen LogP) is -0.0479. The second kappa shape index (κ2) is 2.55.